The van der Waals surface area contributed by atoms with E-state index < -0.39 is 24.5 Å². The van der Waals surface area contributed by atoms with Crippen molar-refractivity contribution < 1.29 is 14.9 Å². The van der Waals surface area contributed by atoms with Crippen LogP contribution in [0.2, 0.25) is 0 Å². The number of ether oxygens (including phenoxy) is 1. The van der Waals surface area contributed by atoms with Crippen molar-refractivity contribution in [2.45, 2.75) is 36.5 Å². The summed E-state index contributed by atoms with van der Waals surface area (Å²) in [5, 5.41) is 25.8. The van der Waals surface area contributed by atoms with Gasteiger partial charge in [0.25, 0.3) is 0 Å². The minimum absolute atomic E-state index is 0.0493. The molecule has 20 heavy (non-hydrogen) atoms. The van der Waals surface area contributed by atoms with Gasteiger partial charge in [0.15, 0.2) is 11.9 Å². The quantitative estimate of drug-likeness (QED) is 0.405. The first kappa shape index (κ1) is 13.5. The molecule has 6 N–H and O–H groups in total. The lowest BCUT2D eigenvalue weighted by Gasteiger charge is -2.16. The van der Waals surface area contributed by atoms with E-state index in [1.807, 2.05) is 0 Å². The Labute approximate surface area is 118 Å². The van der Waals surface area contributed by atoms with E-state index in [9.17, 15) is 10.2 Å². The van der Waals surface area contributed by atoms with Crippen LogP contribution in [0.25, 0.3) is 11.2 Å². The summed E-state index contributed by atoms with van der Waals surface area (Å²) in [5.74, 6) is 0.0493. The lowest BCUT2D eigenvalue weighted by atomic mass is 10.1. The maximum absolute atomic E-state index is 10.0. The third kappa shape index (κ3) is 1.93. The van der Waals surface area contributed by atoms with Gasteiger partial charge in [-0.1, -0.05) is 0 Å². The first-order valence-corrected chi connectivity index (χ1v) is 6.79. The molecule has 0 aromatic carbocycles. The van der Waals surface area contributed by atoms with Crippen molar-refractivity contribution in [1.29, 1.82) is 0 Å². The van der Waals surface area contributed by atoms with Gasteiger partial charge in [-0.05, 0) is 18.9 Å². The number of nitrogens with zero attached hydrogens (tertiary/aromatic N) is 4. The van der Waals surface area contributed by atoms with Gasteiger partial charge in [0.1, 0.15) is 22.8 Å². The second-order valence-electron chi connectivity index (χ2n) is 4.54. The summed E-state index contributed by atoms with van der Waals surface area (Å²) >= 11 is 0.911. The molecule has 3 heterocycles. The molecule has 2 aromatic rings. The van der Waals surface area contributed by atoms with Crippen LogP contribution in [0.5, 0.6) is 0 Å². The Balaban J connectivity index is 2.11. The summed E-state index contributed by atoms with van der Waals surface area (Å²) in [5.41, 5.74) is 6.50. The van der Waals surface area contributed by atoms with E-state index in [1.54, 1.807) is 6.92 Å². The lowest BCUT2D eigenvalue weighted by molar-refractivity contribution is -0.0299. The van der Waals surface area contributed by atoms with Crippen LogP contribution in [0.1, 0.15) is 13.2 Å². The smallest absolute Gasteiger partial charge is 0.223 e. The van der Waals surface area contributed by atoms with E-state index >= 15 is 0 Å². The van der Waals surface area contributed by atoms with Gasteiger partial charge in [-0.2, -0.15) is 4.98 Å². The molecule has 0 saturated carbocycles. The van der Waals surface area contributed by atoms with Crippen molar-refractivity contribution in [3.63, 3.8) is 0 Å². The molecule has 1 aliphatic rings. The second-order valence-corrected chi connectivity index (χ2v) is 5.16. The van der Waals surface area contributed by atoms with Crippen LogP contribution in [-0.4, -0.2) is 48.0 Å². The number of anilines is 1. The number of rotatable bonds is 2. The van der Waals surface area contributed by atoms with Crippen LogP contribution in [0.15, 0.2) is 11.4 Å². The normalized spacial score (nSPS) is 30.2. The van der Waals surface area contributed by atoms with Gasteiger partial charge in [-0.15, -0.1) is 0 Å². The van der Waals surface area contributed by atoms with E-state index in [1.165, 1.54) is 10.9 Å². The minimum atomic E-state index is -1.08. The summed E-state index contributed by atoms with van der Waals surface area (Å²) in [7, 11) is 0. The minimum Gasteiger partial charge on any atom is -0.388 e. The monoisotopic (exact) mass is 298 g/mol. The molecule has 1 fully saturated rings. The molecule has 0 spiro atoms. The van der Waals surface area contributed by atoms with E-state index in [4.69, 9.17) is 15.6 Å². The summed E-state index contributed by atoms with van der Waals surface area (Å²) in [6, 6.07) is 0. The number of nitrogen functional groups attached to an aromatic ring is 1. The Morgan fingerprint density at radius 3 is 2.70 bits per heavy atom. The van der Waals surface area contributed by atoms with E-state index in [0.29, 0.717) is 16.2 Å². The topological polar surface area (TPSA) is 145 Å². The second kappa shape index (κ2) is 4.82. The maximum Gasteiger partial charge on any atom is 0.223 e. The molecule has 10 heteroatoms. The predicted molar refractivity (Wildman–Crippen MR) is 71.4 cm³/mol. The average molecular weight is 298 g/mol. The third-order valence-electron chi connectivity index (χ3n) is 3.27. The van der Waals surface area contributed by atoms with Gasteiger partial charge in [-0.3, -0.25) is 9.71 Å². The van der Waals surface area contributed by atoms with Crippen LogP contribution >= 0.6 is 11.9 Å². The Morgan fingerprint density at radius 2 is 2.10 bits per heavy atom. The van der Waals surface area contributed by atoms with Crippen LogP contribution in [-0.2, 0) is 4.74 Å². The fraction of sp³-hybridized carbons (Fsp3) is 0.500. The Hall–Kier alpha value is -1.46. The van der Waals surface area contributed by atoms with Gasteiger partial charge < -0.3 is 20.7 Å². The Bertz CT molecular complexity index is 649. The van der Waals surface area contributed by atoms with Gasteiger partial charge >= 0.3 is 0 Å². The zero-order valence-corrected chi connectivity index (χ0v) is 11.4. The number of hydrogen-bond donors (Lipinski definition) is 4. The fourth-order valence-corrected chi connectivity index (χ4v) is 2.63. The molecule has 108 valence electrons. The summed E-state index contributed by atoms with van der Waals surface area (Å²) in [6.07, 6.45) is -1.87. The Kier molecular flexibility index (Phi) is 3.26. The number of aliphatic hydroxyl groups excluding tert-OH is 2. The molecule has 1 saturated heterocycles. The SMILES string of the molecule is C[C@H]1OC(n2cnc3c(SN)nc(N)nc32)[C@H](O)[C@@H]1O. The standard InChI is InChI=1S/C10H14N6O3S/c1-3-5(17)6(18)9(19-3)16-2-13-4-7(16)14-10(11)15-8(4)20-12/h2-3,5-6,9,17-18H,12H2,1H3,(H2,11,14,15)/t3-,5-,6-,9?/m1/s1. The molecule has 3 rings (SSSR count). The van der Waals surface area contributed by atoms with Crippen LogP contribution in [0, 0.1) is 0 Å². The summed E-state index contributed by atoms with van der Waals surface area (Å²) < 4.78 is 7.05. The van der Waals surface area contributed by atoms with Crippen molar-refractivity contribution >= 4 is 29.1 Å². The van der Waals surface area contributed by atoms with Crippen molar-refractivity contribution in [3.05, 3.63) is 6.33 Å². The molecule has 1 aliphatic heterocycles. The van der Waals surface area contributed by atoms with Crippen molar-refractivity contribution in [1.82, 2.24) is 19.5 Å². The number of aromatic nitrogens is 4. The Morgan fingerprint density at radius 1 is 1.35 bits per heavy atom. The number of nitrogens with two attached hydrogens (primary N) is 2. The molecule has 9 nitrogen and oxygen atoms in total. The maximum atomic E-state index is 10.0. The van der Waals surface area contributed by atoms with Crippen molar-refractivity contribution in [2.75, 3.05) is 5.73 Å². The van der Waals surface area contributed by atoms with Gasteiger partial charge in [-0.25, -0.2) is 9.97 Å². The number of hydrogen-bond acceptors (Lipinski definition) is 9. The largest absolute Gasteiger partial charge is 0.388 e. The van der Waals surface area contributed by atoms with Gasteiger partial charge in [0, 0.05) is 0 Å². The average Bonchev–Trinajstić information content (AvgIpc) is 2.94. The van der Waals surface area contributed by atoms with Crippen LogP contribution in [0.3, 0.4) is 0 Å². The molecule has 0 amide bonds. The highest BCUT2D eigenvalue weighted by Gasteiger charge is 2.42. The molecule has 0 aliphatic carbocycles. The summed E-state index contributed by atoms with van der Waals surface area (Å²) in [4.78, 5) is 12.3. The zero-order chi connectivity index (χ0) is 14.4. The molecule has 4 atom stereocenters. The summed E-state index contributed by atoms with van der Waals surface area (Å²) in [6.45, 7) is 1.68. The zero-order valence-electron chi connectivity index (χ0n) is 10.5. The predicted octanol–water partition coefficient (Wildman–Crippen LogP) is -0.987. The molecular formula is C10H14N6O3S. The first-order valence-electron chi connectivity index (χ1n) is 5.91. The fourth-order valence-electron chi connectivity index (χ4n) is 2.23. The molecular weight excluding hydrogens is 284 g/mol. The molecule has 0 radical (unpaired) electrons. The number of imidazole rings is 1. The highest BCUT2D eigenvalue weighted by molar-refractivity contribution is 7.97. The van der Waals surface area contributed by atoms with E-state index in [-0.39, 0.29) is 5.95 Å². The highest BCUT2D eigenvalue weighted by atomic mass is 32.2. The molecule has 2 aromatic heterocycles. The van der Waals surface area contributed by atoms with E-state index in [2.05, 4.69) is 15.0 Å². The molecule has 0 bridgehead atoms. The van der Waals surface area contributed by atoms with Gasteiger partial charge in [0.2, 0.25) is 5.95 Å². The van der Waals surface area contributed by atoms with Crippen molar-refractivity contribution in [2.24, 2.45) is 5.14 Å². The van der Waals surface area contributed by atoms with Crippen LogP contribution in [0.4, 0.5) is 5.95 Å². The van der Waals surface area contributed by atoms with Gasteiger partial charge in [0.05, 0.1) is 12.4 Å². The lowest BCUT2D eigenvalue weighted by Crippen LogP contribution is -2.30. The molecule has 1 unspecified atom stereocenters. The number of fused-ring (bicyclic) bond motifs is 1. The third-order valence-corrected chi connectivity index (χ3v) is 3.78. The van der Waals surface area contributed by atoms with Crippen LogP contribution < -0.4 is 10.9 Å². The first-order chi connectivity index (χ1) is 9.52. The van der Waals surface area contributed by atoms with Crippen molar-refractivity contribution in [3.8, 4) is 0 Å². The van der Waals surface area contributed by atoms with E-state index in [0.717, 1.165) is 11.9 Å². The number of aliphatic hydroxyl groups is 2. The highest BCUT2D eigenvalue weighted by Crippen LogP contribution is 2.32.